The number of thiazole rings is 1. The third kappa shape index (κ3) is 3.15. The molecule has 0 aromatic carbocycles. The van der Waals surface area contributed by atoms with Crippen molar-refractivity contribution in [2.24, 2.45) is 5.73 Å². The summed E-state index contributed by atoms with van der Waals surface area (Å²) in [4.78, 5) is 32.1. The number of rotatable bonds is 5. The molecule has 3 rings (SSSR count). The lowest BCUT2D eigenvalue weighted by Crippen LogP contribution is -2.18. The highest BCUT2D eigenvalue weighted by molar-refractivity contribution is 7.13. The number of carbonyl (C=O) groups excluding carboxylic acids is 2. The second-order valence-electron chi connectivity index (χ2n) is 4.84. The number of nitrogens with two attached hydrogens (primary N) is 1. The van der Waals surface area contributed by atoms with Crippen LogP contribution in [0.4, 0.5) is 5.69 Å². The van der Waals surface area contributed by atoms with Crippen LogP contribution in [-0.2, 0) is 6.54 Å². The van der Waals surface area contributed by atoms with Gasteiger partial charge in [0.05, 0.1) is 5.69 Å². The van der Waals surface area contributed by atoms with E-state index in [2.05, 4.69) is 20.4 Å². The fourth-order valence-corrected chi connectivity index (χ4v) is 2.85. The summed E-state index contributed by atoms with van der Waals surface area (Å²) >= 11 is 1.35. The number of primary amides is 1. The molecule has 0 radical (unpaired) electrons. The minimum absolute atomic E-state index is 0.0230. The molecule has 0 aliphatic rings. The van der Waals surface area contributed by atoms with Gasteiger partial charge >= 0.3 is 0 Å². The first-order valence-corrected chi connectivity index (χ1v) is 8.01. The maximum atomic E-state index is 12.4. The molecule has 0 spiro atoms. The second kappa shape index (κ2) is 6.59. The summed E-state index contributed by atoms with van der Waals surface area (Å²) in [5.41, 5.74) is 6.72. The van der Waals surface area contributed by atoms with E-state index < -0.39 is 11.8 Å². The van der Waals surface area contributed by atoms with Gasteiger partial charge < -0.3 is 11.1 Å². The van der Waals surface area contributed by atoms with Crippen molar-refractivity contribution in [2.45, 2.75) is 13.5 Å². The van der Waals surface area contributed by atoms with E-state index in [0.717, 1.165) is 5.56 Å². The van der Waals surface area contributed by atoms with Gasteiger partial charge in [0, 0.05) is 36.1 Å². The van der Waals surface area contributed by atoms with Gasteiger partial charge in [0.1, 0.15) is 10.7 Å². The van der Waals surface area contributed by atoms with E-state index in [-0.39, 0.29) is 17.1 Å². The van der Waals surface area contributed by atoms with Crippen LogP contribution >= 0.6 is 11.3 Å². The monoisotopic (exact) mass is 342 g/mol. The summed E-state index contributed by atoms with van der Waals surface area (Å²) < 4.78 is 1.53. The van der Waals surface area contributed by atoms with Crippen LogP contribution in [0.2, 0.25) is 0 Å². The van der Waals surface area contributed by atoms with E-state index >= 15 is 0 Å². The molecule has 3 aromatic heterocycles. The predicted octanol–water partition coefficient (Wildman–Crippen LogP) is 1.77. The lowest BCUT2D eigenvalue weighted by atomic mass is 10.3. The highest BCUT2D eigenvalue weighted by Gasteiger charge is 2.18. The number of anilines is 1. The number of aryl methyl sites for hydroxylation is 1. The van der Waals surface area contributed by atoms with Crippen molar-refractivity contribution < 1.29 is 9.59 Å². The van der Waals surface area contributed by atoms with Crippen LogP contribution in [0.15, 0.2) is 36.1 Å². The summed E-state index contributed by atoms with van der Waals surface area (Å²) in [6.45, 7) is 2.42. The van der Waals surface area contributed by atoms with Gasteiger partial charge in [-0.05, 0) is 19.1 Å². The van der Waals surface area contributed by atoms with Gasteiger partial charge in [-0.3, -0.25) is 19.3 Å². The molecule has 0 aliphatic carbocycles. The minimum Gasteiger partial charge on any atom is -0.364 e. The molecule has 122 valence electrons. The lowest BCUT2D eigenvalue weighted by Gasteiger charge is -2.01. The first kappa shape index (κ1) is 15.8. The predicted molar refractivity (Wildman–Crippen MR) is 89.7 cm³/mol. The third-order valence-electron chi connectivity index (χ3n) is 3.23. The van der Waals surface area contributed by atoms with Crippen molar-refractivity contribution in [1.82, 2.24) is 19.7 Å². The van der Waals surface area contributed by atoms with Crippen LogP contribution in [-0.4, -0.2) is 31.6 Å². The molecule has 0 saturated carbocycles. The molecular weight excluding hydrogens is 328 g/mol. The topological polar surface area (TPSA) is 116 Å². The van der Waals surface area contributed by atoms with Gasteiger partial charge in [-0.2, -0.15) is 5.10 Å². The first-order valence-electron chi connectivity index (χ1n) is 7.13. The zero-order chi connectivity index (χ0) is 17.1. The summed E-state index contributed by atoms with van der Waals surface area (Å²) in [5.74, 6) is -1.13. The molecule has 2 amide bonds. The Bertz CT molecular complexity index is 887. The Balaban J connectivity index is 1.82. The van der Waals surface area contributed by atoms with E-state index in [1.807, 2.05) is 19.1 Å². The summed E-state index contributed by atoms with van der Waals surface area (Å²) in [5, 5.41) is 9.03. The standard InChI is InChI=1S/C15H14N6O2S/c1-2-21-7-10(12(20-21)13(16)22)18-14(23)11-8-24-15(19-11)9-3-5-17-6-4-9/h3-8H,2H2,1H3,(H2,16,22)(H,18,23). The number of carbonyl (C=O) groups is 2. The van der Waals surface area contributed by atoms with Crippen LogP contribution in [0.5, 0.6) is 0 Å². The SMILES string of the molecule is CCn1cc(NC(=O)c2csc(-c3ccncc3)n2)c(C(N)=O)n1. The summed E-state index contributed by atoms with van der Waals surface area (Å²) in [7, 11) is 0. The van der Waals surface area contributed by atoms with Crippen LogP contribution in [0.3, 0.4) is 0 Å². The third-order valence-corrected chi connectivity index (χ3v) is 4.12. The fourth-order valence-electron chi connectivity index (χ4n) is 2.05. The van der Waals surface area contributed by atoms with Crippen molar-refractivity contribution in [1.29, 1.82) is 0 Å². The number of pyridine rings is 1. The molecule has 0 unspecified atom stereocenters. The Hall–Kier alpha value is -3.07. The van der Waals surface area contributed by atoms with E-state index in [0.29, 0.717) is 11.6 Å². The minimum atomic E-state index is -0.701. The fraction of sp³-hybridized carbons (Fsp3) is 0.133. The zero-order valence-corrected chi connectivity index (χ0v) is 13.6. The molecule has 9 heteroatoms. The maximum absolute atomic E-state index is 12.4. The number of nitrogens with zero attached hydrogens (tertiary/aromatic N) is 4. The highest BCUT2D eigenvalue weighted by atomic mass is 32.1. The van der Waals surface area contributed by atoms with Crippen molar-refractivity contribution in [3.63, 3.8) is 0 Å². The average Bonchev–Trinajstić information content (AvgIpc) is 3.22. The normalized spacial score (nSPS) is 10.5. The van der Waals surface area contributed by atoms with Gasteiger partial charge in [-0.1, -0.05) is 0 Å². The molecule has 0 aliphatic heterocycles. The average molecular weight is 342 g/mol. The summed E-state index contributed by atoms with van der Waals surface area (Å²) in [6, 6.07) is 3.63. The molecular formula is C15H14N6O2S. The van der Waals surface area contributed by atoms with E-state index in [4.69, 9.17) is 5.73 Å². The van der Waals surface area contributed by atoms with Crippen LogP contribution in [0, 0.1) is 0 Å². The smallest absolute Gasteiger partial charge is 0.275 e. The zero-order valence-electron chi connectivity index (χ0n) is 12.8. The molecule has 24 heavy (non-hydrogen) atoms. The molecule has 3 N–H and O–H groups in total. The number of hydrogen-bond acceptors (Lipinski definition) is 6. The van der Waals surface area contributed by atoms with Crippen LogP contribution < -0.4 is 11.1 Å². The number of nitrogens with one attached hydrogen (secondary N) is 1. The van der Waals surface area contributed by atoms with Gasteiger partial charge in [0.15, 0.2) is 5.69 Å². The Morgan fingerprint density at radius 2 is 2.08 bits per heavy atom. The lowest BCUT2D eigenvalue weighted by molar-refractivity contribution is 0.0995. The van der Waals surface area contributed by atoms with Gasteiger partial charge in [0.25, 0.3) is 11.8 Å². The second-order valence-corrected chi connectivity index (χ2v) is 5.70. The molecule has 0 saturated heterocycles. The van der Waals surface area contributed by atoms with Crippen molar-refractivity contribution >= 4 is 28.8 Å². The highest BCUT2D eigenvalue weighted by Crippen LogP contribution is 2.23. The Morgan fingerprint density at radius 1 is 1.33 bits per heavy atom. The largest absolute Gasteiger partial charge is 0.364 e. The number of hydrogen-bond donors (Lipinski definition) is 2. The van der Waals surface area contributed by atoms with E-state index in [1.54, 1.807) is 24.0 Å². The maximum Gasteiger partial charge on any atom is 0.275 e. The molecule has 8 nitrogen and oxygen atoms in total. The molecule has 3 heterocycles. The van der Waals surface area contributed by atoms with Gasteiger partial charge in [0.2, 0.25) is 0 Å². The Labute approximate surface area is 141 Å². The van der Waals surface area contributed by atoms with Gasteiger partial charge in [-0.15, -0.1) is 11.3 Å². The Morgan fingerprint density at radius 3 is 2.75 bits per heavy atom. The van der Waals surface area contributed by atoms with Crippen molar-refractivity contribution in [2.75, 3.05) is 5.32 Å². The molecule has 3 aromatic rings. The van der Waals surface area contributed by atoms with Crippen LogP contribution in [0.1, 0.15) is 27.9 Å². The molecule has 0 atom stereocenters. The summed E-state index contributed by atoms with van der Waals surface area (Å²) in [6.07, 6.45) is 4.89. The van der Waals surface area contributed by atoms with E-state index in [1.165, 1.54) is 16.0 Å². The Kier molecular flexibility index (Phi) is 4.34. The van der Waals surface area contributed by atoms with E-state index in [9.17, 15) is 9.59 Å². The van der Waals surface area contributed by atoms with Crippen LogP contribution in [0.25, 0.3) is 10.6 Å². The number of aromatic nitrogens is 4. The van der Waals surface area contributed by atoms with Gasteiger partial charge in [-0.25, -0.2) is 4.98 Å². The molecule has 0 fully saturated rings. The first-order chi connectivity index (χ1) is 11.6. The number of amides is 2. The van der Waals surface area contributed by atoms with Crippen molar-refractivity contribution in [3.8, 4) is 10.6 Å². The quantitative estimate of drug-likeness (QED) is 0.733. The van der Waals surface area contributed by atoms with Crippen molar-refractivity contribution in [3.05, 3.63) is 47.5 Å². The molecule has 0 bridgehead atoms.